The van der Waals surface area contributed by atoms with Gasteiger partial charge in [-0.15, -0.1) is 5.10 Å². The van der Waals surface area contributed by atoms with E-state index in [1.165, 1.54) is 16.5 Å². The second-order valence-corrected chi connectivity index (χ2v) is 19.4. The molecule has 5 aliphatic carbocycles. The number of nitrogens with zero attached hydrogens (tertiary/aromatic N) is 3. The Balaban J connectivity index is 1.16. The van der Waals surface area contributed by atoms with Crippen molar-refractivity contribution in [2.75, 3.05) is 6.61 Å². The van der Waals surface area contributed by atoms with Gasteiger partial charge in [-0.3, -0.25) is 4.79 Å². The van der Waals surface area contributed by atoms with E-state index in [1.807, 2.05) is 0 Å². The Labute approximate surface area is 302 Å². The Hall–Kier alpha value is -1.93. The van der Waals surface area contributed by atoms with Crippen LogP contribution in [0.4, 0.5) is 0 Å². The number of nitrogens with one attached hydrogen (secondary N) is 1. The number of aromatic nitrogens is 3. The molecule has 2 heterocycles. The van der Waals surface area contributed by atoms with Gasteiger partial charge in [0.15, 0.2) is 6.23 Å². The average molecular weight is 715 g/mol. The lowest BCUT2D eigenvalue weighted by atomic mass is 9.33. The summed E-state index contributed by atoms with van der Waals surface area (Å²) < 4.78 is 6.85. The number of carbonyl (C=O) groups excluding carboxylic acids is 1. The van der Waals surface area contributed by atoms with E-state index < -0.39 is 48.8 Å². The van der Waals surface area contributed by atoms with E-state index in [4.69, 9.17) is 4.74 Å². The summed E-state index contributed by atoms with van der Waals surface area (Å²) in [6.07, 6.45) is 3.64. The van der Waals surface area contributed by atoms with Gasteiger partial charge in [0.1, 0.15) is 30.1 Å². The largest absolute Gasteiger partial charge is 0.394 e. The van der Waals surface area contributed by atoms with E-state index in [0.717, 1.165) is 44.9 Å². The van der Waals surface area contributed by atoms with Crippen molar-refractivity contribution in [1.82, 2.24) is 20.3 Å². The van der Waals surface area contributed by atoms with Gasteiger partial charge < -0.3 is 40.7 Å². The molecule has 0 aromatic carbocycles. The third-order valence-electron chi connectivity index (χ3n) is 16.2. The minimum atomic E-state index is -1.55. The van der Waals surface area contributed by atoms with E-state index in [9.17, 15) is 35.4 Å². The van der Waals surface area contributed by atoms with Gasteiger partial charge in [-0.2, -0.15) is 0 Å². The quantitative estimate of drug-likeness (QED) is 0.223. The number of amides is 1. The molecule has 286 valence electrons. The highest BCUT2D eigenvalue weighted by atomic mass is 16.6. The number of hydrogen-bond donors (Lipinski definition) is 7. The Morgan fingerprint density at radius 3 is 2.33 bits per heavy atom. The van der Waals surface area contributed by atoms with Crippen LogP contribution >= 0.6 is 0 Å². The lowest BCUT2D eigenvalue weighted by Crippen LogP contribution is -2.68. The van der Waals surface area contributed by atoms with Crippen LogP contribution in [0.3, 0.4) is 0 Å². The van der Waals surface area contributed by atoms with Crippen LogP contribution in [0.5, 0.6) is 0 Å². The first-order valence-electron chi connectivity index (χ1n) is 19.3. The fraction of sp³-hybridized carbons (Fsp3) is 0.872. The lowest BCUT2D eigenvalue weighted by molar-refractivity contribution is -0.254. The third kappa shape index (κ3) is 5.28. The summed E-state index contributed by atoms with van der Waals surface area (Å²) in [6, 6.07) is 0. The maximum absolute atomic E-state index is 14.6. The lowest BCUT2D eigenvalue weighted by Gasteiger charge is -2.71. The summed E-state index contributed by atoms with van der Waals surface area (Å²) in [4.78, 5) is 14.6. The average Bonchev–Trinajstić information content (AvgIpc) is 3.53. The highest BCUT2D eigenvalue weighted by Crippen LogP contribution is 2.75. The number of rotatable bonds is 5. The summed E-state index contributed by atoms with van der Waals surface area (Å²) >= 11 is 0. The monoisotopic (exact) mass is 714 g/mol. The van der Waals surface area contributed by atoms with Gasteiger partial charge in [-0.05, 0) is 103 Å². The zero-order valence-corrected chi connectivity index (χ0v) is 31.5. The van der Waals surface area contributed by atoms with Crippen molar-refractivity contribution in [3.63, 3.8) is 0 Å². The number of carbonyl (C=O) groups is 1. The van der Waals surface area contributed by atoms with E-state index >= 15 is 0 Å². The van der Waals surface area contributed by atoms with E-state index in [1.54, 1.807) is 0 Å². The standard InChI is InChI=1S/C39H62N4O8/c1-34(2)14-15-39(33(50)40-18-21-19-43(42-41-21)32-31(49)30(48)29(47)24(20-44)51-32)23(16-34)22-8-9-26-36(5)12-11-27(45)35(3,4)25(36)10-13-37(26,6)38(22,7)17-28(39)46/h8,19,23-32,44-49H,9-18,20H2,1-7H3,(H,40,50)/t23-,24+,25-,26+,27-,28+,29+,30-,31-,32+,36-,37+,38+,39+/m0/s1. The van der Waals surface area contributed by atoms with Crippen molar-refractivity contribution < 1.29 is 40.2 Å². The van der Waals surface area contributed by atoms with Gasteiger partial charge >= 0.3 is 0 Å². The molecule has 0 radical (unpaired) electrons. The molecule has 1 amide bonds. The molecular formula is C39H62N4O8. The molecular weight excluding hydrogens is 652 g/mol. The normalized spacial score (nSPS) is 48.7. The van der Waals surface area contributed by atoms with Gasteiger partial charge in [0.25, 0.3) is 0 Å². The zero-order chi connectivity index (χ0) is 37.1. The van der Waals surface area contributed by atoms with E-state index in [2.05, 4.69) is 70.2 Å². The van der Waals surface area contributed by atoms with Crippen LogP contribution in [0, 0.1) is 50.2 Å². The van der Waals surface area contributed by atoms with Crippen LogP contribution in [-0.2, 0) is 16.1 Å². The Kier molecular flexibility index (Phi) is 9.01. The van der Waals surface area contributed by atoms with Gasteiger partial charge in [-0.25, -0.2) is 4.68 Å². The molecule has 1 aromatic rings. The number of allylic oxidation sites excluding steroid dienone is 2. The molecule has 14 atom stereocenters. The number of ether oxygens (including phenoxy) is 1. The van der Waals surface area contributed by atoms with Gasteiger partial charge in [-0.1, -0.05) is 65.3 Å². The second-order valence-electron chi connectivity index (χ2n) is 19.4. The Bertz CT molecular complexity index is 1540. The molecule has 6 aliphatic rings. The molecule has 1 aliphatic heterocycles. The molecule has 51 heavy (non-hydrogen) atoms. The predicted molar refractivity (Wildman–Crippen MR) is 187 cm³/mol. The third-order valence-corrected chi connectivity index (χ3v) is 16.2. The Morgan fingerprint density at radius 2 is 1.63 bits per heavy atom. The van der Waals surface area contributed by atoms with Crippen LogP contribution in [0.25, 0.3) is 0 Å². The van der Waals surface area contributed by atoms with Crippen molar-refractivity contribution in [3.05, 3.63) is 23.5 Å². The smallest absolute Gasteiger partial charge is 0.229 e. The highest BCUT2D eigenvalue weighted by Gasteiger charge is 2.71. The maximum Gasteiger partial charge on any atom is 0.229 e. The molecule has 7 rings (SSSR count). The summed E-state index contributed by atoms with van der Waals surface area (Å²) in [6.45, 7) is 15.9. The predicted octanol–water partition coefficient (Wildman–Crippen LogP) is 3.00. The molecule has 12 nitrogen and oxygen atoms in total. The first kappa shape index (κ1) is 37.4. The summed E-state index contributed by atoms with van der Waals surface area (Å²) in [5, 5.41) is 75.5. The van der Waals surface area contributed by atoms with E-state index in [-0.39, 0.29) is 51.5 Å². The number of hydrogen-bond acceptors (Lipinski definition) is 10. The minimum Gasteiger partial charge on any atom is -0.394 e. The van der Waals surface area contributed by atoms with Crippen molar-refractivity contribution in [2.24, 2.45) is 50.2 Å². The first-order valence-corrected chi connectivity index (χ1v) is 19.3. The number of aliphatic hydroxyl groups is 6. The van der Waals surface area contributed by atoms with Crippen molar-refractivity contribution in [2.45, 2.75) is 156 Å². The van der Waals surface area contributed by atoms with Crippen LogP contribution in [0.1, 0.15) is 118 Å². The fourth-order valence-electron chi connectivity index (χ4n) is 12.9. The molecule has 1 aromatic heterocycles. The van der Waals surface area contributed by atoms with Crippen LogP contribution in [-0.4, -0.2) is 94.8 Å². The first-order chi connectivity index (χ1) is 23.8. The zero-order valence-electron chi connectivity index (χ0n) is 31.5. The fourth-order valence-corrected chi connectivity index (χ4v) is 12.9. The topological polar surface area (TPSA) is 190 Å². The molecule has 4 saturated carbocycles. The Morgan fingerprint density at radius 1 is 0.902 bits per heavy atom. The van der Waals surface area contributed by atoms with Crippen LogP contribution in [0.15, 0.2) is 17.8 Å². The summed E-state index contributed by atoms with van der Waals surface area (Å²) in [5.41, 5.74) is 0.357. The SMILES string of the molecule is CC1(C)CC[C@]2(C(=O)NCc3cn([C@@H]4O[C@H](CO)[C@@H](O)[C@H](O)[C@@H]4O)nn3)[C@H](O)C[C@]3(C)C(=CC[C@@H]4[C@@]5(C)CC[C@H](O)C(C)(C)[C@@H]5CC[C@]43C)[C@@H]2C1. The van der Waals surface area contributed by atoms with Gasteiger partial charge in [0, 0.05) is 0 Å². The molecule has 0 spiro atoms. The molecule has 7 N–H and O–H groups in total. The summed E-state index contributed by atoms with van der Waals surface area (Å²) in [5.74, 6) is 0.538. The van der Waals surface area contributed by atoms with Crippen LogP contribution in [0.2, 0.25) is 0 Å². The van der Waals surface area contributed by atoms with E-state index in [0.29, 0.717) is 30.4 Å². The molecule has 1 saturated heterocycles. The minimum absolute atomic E-state index is 0.00623. The van der Waals surface area contributed by atoms with Gasteiger partial charge in [0.2, 0.25) is 5.91 Å². The van der Waals surface area contributed by atoms with Crippen molar-refractivity contribution >= 4 is 5.91 Å². The molecule has 0 unspecified atom stereocenters. The number of fused-ring (bicyclic) bond motifs is 7. The molecule has 0 bridgehead atoms. The highest BCUT2D eigenvalue weighted by molar-refractivity contribution is 5.85. The van der Waals surface area contributed by atoms with Crippen LogP contribution < -0.4 is 5.32 Å². The molecule has 12 heteroatoms. The summed E-state index contributed by atoms with van der Waals surface area (Å²) in [7, 11) is 0. The number of aliphatic hydroxyl groups excluding tert-OH is 6. The molecule has 5 fully saturated rings. The van der Waals surface area contributed by atoms with Crippen molar-refractivity contribution in [3.8, 4) is 0 Å². The van der Waals surface area contributed by atoms with Crippen molar-refractivity contribution in [1.29, 1.82) is 0 Å². The second kappa shape index (κ2) is 12.3. The van der Waals surface area contributed by atoms with Gasteiger partial charge in [0.05, 0.1) is 37.0 Å². The maximum atomic E-state index is 14.6.